The van der Waals surface area contributed by atoms with Gasteiger partial charge in [0.05, 0.1) is 23.2 Å². The monoisotopic (exact) mass is 444 g/mol. The molecule has 28 heavy (non-hydrogen) atoms. The van der Waals surface area contributed by atoms with Gasteiger partial charge in [-0.3, -0.25) is 4.79 Å². The Hall–Kier alpha value is -2.18. The molecule has 4 rings (SSSR count). The lowest BCUT2D eigenvalue weighted by Crippen LogP contribution is -2.45. The SMILES string of the molecule is O=C(N[C@H]1CCCC[C@@H]1O)c1cc(Cc2ccc(Br)cc2)n2cccc(F)c12. The van der Waals surface area contributed by atoms with Crippen molar-refractivity contribution >= 4 is 27.4 Å². The minimum atomic E-state index is -0.543. The highest BCUT2D eigenvalue weighted by atomic mass is 79.9. The van der Waals surface area contributed by atoms with E-state index in [9.17, 15) is 14.3 Å². The van der Waals surface area contributed by atoms with Crippen LogP contribution in [-0.4, -0.2) is 27.6 Å². The number of amides is 1. The third-order valence-electron chi connectivity index (χ3n) is 5.41. The van der Waals surface area contributed by atoms with Crippen molar-refractivity contribution < 1.29 is 14.3 Å². The van der Waals surface area contributed by atoms with Crippen molar-refractivity contribution in [2.45, 2.75) is 44.2 Å². The number of carbonyl (C=O) groups excluding carboxylic acids is 1. The lowest BCUT2D eigenvalue weighted by Gasteiger charge is -2.28. The molecule has 2 heterocycles. The fourth-order valence-electron chi connectivity index (χ4n) is 3.93. The maximum Gasteiger partial charge on any atom is 0.253 e. The summed E-state index contributed by atoms with van der Waals surface area (Å²) < 4.78 is 17.3. The number of halogens is 2. The van der Waals surface area contributed by atoms with Gasteiger partial charge in [0, 0.05) is 22.8 Å². The van der Waals surface area contributed by atoms with Gasteiger partial charge < -0.3 is 14.8 Å². The van der Waals surface area contributed by atoms with Crippen molar-refractivity contribution in [1.82, 2.24) is 9.72 Å². The summed E-state index contributed by atoms with van der Waals surface area (Å²) in [5.41, 5.74) is 2.49. The first kappa shape index (κ1) is 19.2. The van der Waals surface area contributed by atoms with Crippen molar-refractivity contribution in [1.29, 1.82) is 0 Å². The van der Waals surface area contributed by atoms with Crippen molar-refractivity contribution in [2.75, 3.05) is 0 Å². The van der Waals surface area contributed by atoms with E-state index in [1.54, 1.807) is 22.7 Å². The molecule has 6 heteroatoms. The molecule has 1 aliphatic rings. The molecule has 0 aliphatic heterocycles. The van der Waals surface area contributed by atoms with Crippen LogP contribution in [-0.2, 0) is 6.42 Å². The van der Waals surface area contributed by atoms with E-state index < -0.39 is 11.9 Å². The molecule has 1 aliphatic carbocycles. The van der Waals surface area contributed by atoms with Crippen molar-refractivity contribution in [3.8, 4) is 0 Å². The molecule has 0 saturated heterocycles. The van der Waals surface area contributed by atoms with Crippen molar-refractivity contribution in [3.05, 3.63) is 75.8 Å². The normalized spacial score (nSPS) is 19.7. The van der Waals surface area contributed by atoms with E-state index in [-0.39, 0.29) is 17.5 Å². The van der Waals surface area contributed by atoms with E-state index >= 15 is 0 Å². The molecule has 146 valence electrons. The predicted molar refractivity (Wildman–Crippen MR) is 110 cm³/mol. The van der Waals surface area contributed by atoms with Gasteiger partial charge in [-0.05, 0) is 48.7 Å². The summed E-state index contributed by atoms with van der Waals surface area (Å²) in [4.78, 5) is 12.9. The topological polar surface area (TPSA) is 53.7 Å². The number of aliphatic hydroxyl groups excluding tert-OH is 1. The fraction of sp³-hybridized carbons (Fsp3) is 0.318. The summed E-state index contributed by atoms with van der Waals surface area (Å²) in [5.74, 6) is -0.769. The molecule has 2 atom stereocenters. The van der Waals surface area contributed by atoms with Crippen LogP contribution in [0, 0.1) is 5.82 Å². The third kappa shape index (κ3) is 3.84. The Morgan fingerprint density at radius 2 is 1.96 bits per heavy atom. The molecular formula is C22H22BrFN2O2. The number of pyridine rings is 1. The van der Waals surface area contributed by atoms with Gasteiger partial charge in [0.1, 0.15) is 5.82 Å². The molecule has 1 saturated carbocycles. The van der Waals surface area contributed by atoms with Crippen LogP contribution in [0.1, 0.15) is 47.3 Å². The zero-order chi connectivity index (χ0) is 19.7. The number of rotatable bonds is 4. The summed E-state index contributed by atoms with van der Waals surface area (Å²) in [6.07, 6.45) is 5.18. The number of benzene rings is 1. The summed E-state index contributed by atoms with van der Waals surface area (Å²) in [6, 6.07) is 12.4. The highest BCUT2D eigenvalue weighted by Gasteiger charge is 2.27. The molecule has 0 radical (unpaired) electrons. The number of aromatic nitrogens is 1. The molecule has 4 nitrogen and oxygen atoms in total. The minimum absolute atomic E-state index is 0.275. The molecule has 3 aromatic rings. The van der Waals surface area contributed by atoms with Gasteiger partial charge in [0.2, 0.25) is 0 Å². The highest BCUT2D eigenvalue weighted by molar-refractivity contribution is 9.10. The standard InChI is InChI=1S/C22H22BrFN2O2/c23-15-9-7-14(8-10-15)12-16-13-17(21-18(24)4-3-11-26(16)21)22(28)25-19-5-1-2-6-20(19)27/h3-4,7-11,13,19-20,27H,1-2,5-6,12H2,(H,25,28)/t19-,20-/m0/s1. The van der Waals surface area contributed by atoms with Crippen LogP contribution in [0.2, 0.25) is 0 Å². The van der Waals surface area contributed by atoms with E-state index in [4.69, 9.17) is 0 Å². The van der Waals surface area contributed by atoms with Crippen LogP contribution in [0.25, 0.3) is 5.52 Å². The third-order valence-corrected chi connectivity index (χ3v) is 5.94. The number of nitrogens with one attached hydrogen (secondary N) is 1. The van der Waals surface area contributed by atoms with Gasteiger partial charge in [-0.15, -0.1) is 0 Å². The molecule has 0 spiro atoms. The Balaban J connectivity index is 1.68. The van der Waals surface area contributed by atoms with E-state index in [1.165, 1.54) is 6.07 Å². The maximum absolute atomic E-state index is 14.6. The van der Waals surface area contributed by atoms with Crippen LogP contribution in [0.5, 0.6) is 0 Å². The lowest BCUT2D eigenvalue weighted by atomic mass is 9.92. The van der Waals surface area contributed by atoms with Gasteiger partial charge in [0.25, 0.3) is 5.91 Å². The van der Waals surface area contributed by atoms with E-state index in [1.807, 2.05) is 24.3 Å². The fourth-order valence-corrected chi connectivity index (χ4v) is 4.20. The Bertz CT molecular complexity index is 1000. The zero-order valence-electron chi connectivity index (χ0n) is 15.4. The first-order valence-electron chi connectivity index (χ1n) is 9.55. The van der Waals surface area contributed by atoms with Crippen LogP contribution in [0.3, 0.4) is 0 Å². The minimum Gasteiger partial charge on any atom is -0.391 e. The number of carbonyl (C=O) groups is 1. The average molecular weight is 445 g/mol. The highest BCUT2D eigenvalue weighted by Crippen LogP contribution is 2.24. The number of hydrogen-bond donors (Lipinski definition) is 2. The zero-order valence-corrected chi connectivity index (χ0v) is 17.0. The lowest BCUT2D eigenvalue weighted by molar-refractivity contribution is 0.0718. The van der Waals surface area contributed by atoms with Gasteiger partial charge in [-0.25, -0.2) is 4.39 Å². The average Bonchev–Trinajstić information content (AvgIpc) is 3.05. The number of nitrogens with zero attached hydrogens (tertiary/aromatic N) is 1. The Morgan fingerprint density at radius 1 is 1.21 bits per heavy atom. The molecule has 2 aromatic heterocycles. The second-order valence-corrected chi connectivity index (χ2v) is 8.27. The van der Waals surface area contributed by atoms with Gasteiger partial charge in [-0.2, -0.15) is 0 Å². The Labute approximate surface area is 171 Å². The van der Waals surface area contributed by atoms with Crippen LogP contribution >= 0.6 is 15.9 Å². The van der Waals surface area contributed by atoms with E-state index in [0.717, 1.165) is 35.0 Å². The molecular weight excluding hydrogens is 423 g/mol. The second-order valence-electron chi connectivity index (χ2n) is 7.36. The summed E-state index contributed by atoms with van der Waals surface area (Å²) in [7, 11) is 0. The second kappa shape index (κ2) is 8.05. The molecule has 0 bridgehead atoms. The van der Waals surface area contributed by atoms with Crippen LogP contribution in [0.15, 0.2) is 53.1 Å². The molecule has 0 unspecified atom stereocenters. The van der Waals surface area contributed by atoms with Gasteiger partial charge in [-0.1, -0.05) is 40.9 Å². The summed E-state index contributed by atoms with van der Waals surface area (Å²) in [6.45, 7) is 0. The van der Waals surface area contributed by atoms with Crippen molar-refractivity contribution in [3.63, 3.8) is 0 Å². The number of fused-ring (bicyclic) bond motifs is 1. The van der Waals surface area contributed by atoms with E-state index in [0.29, 0.717) is 18.4 Å². The molecule has 2 N–H and O–H groups in total. The largest absolute Gasteiger partial charge is 0.391 e. The van der Waals surface area contributed by atoms with Crippen LogP contribution in [0.4, 0.5) is 4.39 Å². The van der Waals surface area contributed by atoms with Gasteiger partial charge >= 0.3 is 0 Å². The van der Waals surface area contributed by atoms with Crippen LogP contribution < -0.4 is 5.32 Å². The summed E-state index contributed by atoms with van der Waals surface area (Å²) >= 11 is 3.43. The smallest absolute Gasteiger partial charge is 0.253 e. The number of hydrogen-bond acceptors (Lipinski definition) is 2. The Kier molecular flexibility index (Phi) is 5.51. The summed E-state index contributed by atoms with van der Waals surface area (Å²) in [5, 5.41) is 13.1. The maximum atomic E-state index is 14.6. The van der Waals surface area contributed by atoms with Gasteiger partial charge in [0.15, 0.2) is 0 Å². The first-order valence-corrected chi connectivity index (χ1v) is 10.3. The number of aliphatic hydroxyl groups is 1. The molecule has 1 amide bonds. The Morgan fingerprint density at radius 3 is 2.71 bits per heavy atom. The molecule has 1 aromatic carbocycles. The van der Waals surface area contributed by atoms with E-state index in [2.05, 4.69) is 21.2 Å². The predicted octanol–water partition coefficient (Wildman–Crippen LogP) is 4.47. The van der Waals surface area contributed by atoms with Crippen molar-refractivity contribution in [2.24, 2.45) is 0 Å². The quantitative estimate of drug-likeness (QED) is 0.623. The molecule has 1 fully saturated rings. The first-order chi connectivity index (χ1) is 13.5.